The molecule has 0 saturated heterocycles. The topological polar surface area (TPSA) is 98.0 Å². The Morgan fingerprint density at radius 2 is 1.97 bits per heavy atom. The van der Waals surface area contributed by atoms with Gasteiger partial charge in [0, 0.05) is 29.6 Å². The number of amides is 1. The van der Waals surface area contributed by atoms with Crippen molar-refractivity contribution in [1.29, 1.82) is 0 Å². The van der Waals surface area contributed by atoms with E-state index < -0.39 is 18.4 Å². The normalized spacial score (nSPS) is 18.3. The second-order valence-corrected chi connectivity index (χ2v) is 6.12. The van der Waals surface area contributed by atoms with Crippen LogP contribution < -0.4 is 20.1 Å². The van der Waals surface area contributed by atoms with Gasteiger partial charge >= 0.3 is 6.29 Å². The Hall–Kier alpha value is -3.14. The van der Waals surface area contributed by atoms with Crippen LogP contribution in [0.15, 0.2) is 34.0 Å². The SMILES string of the molecule is CC.Cc1cnoc1C(=O)NC1C=NC(c2cc3c(cc2Cl)OC(F)(F)O3)=CN1. The molecule has 0 bridgehead atoms. The van der Waals surface area contributed by atoms with Gasteiger partial charge in [0.05, 0.1) is 16.9 Å². The molecule has 1 amide bonds. The zero-order valence-electron chi connectivity index (χ0n) is 15.6. The lowest BCUT2D eigenvalue weighted by atomic mass is 10.1. The summed E-state index contributed by atoms with van der Waals surface area (Å²) in [7, 11) is 0. The molecule has 1 atom stereocenters. The summed E-state index contributed by atoms with van der Waals surface area (Å²) in [5.74, 6) is -0.671. The fourth-order valence-electron chi connectivity index (χ4n) is 2.51. The van der Waals surface area contributed by atoms with Crippen molar-refractivity contribution in [2.24, 2.45) is 4.99 Å². The minimum Gasteiger partial charge on any atom is -0.395 e. The number of carbonyl (C=O) groups is 1. The molecule has 0 aliphatic carbocycles. The zero-order valence-corrected chi connectivity index (χ0v) is 16.4. The molecule has 0 fully saturated rings. The number of rotatable bonds is 3. The predicted octanol–water partition coefficient (Wildman–Crippen LogP) is 3.71. The number of alkyl halides is 2. The number of nitrogens with zero attached hydrogens (tertiary/aromatic N) is 2. The third kappa shape index (κ3) is 4.32. The maximum absolute atomic E-state index is 13.2. The van der Waals surface area contributed by atoms with Crippen molar-refractivity contribution in [3.8, 4) is 11.5 Å². The monoisotopic (exact) mass is 426 g/mol. The number of nitrogens with one attached hydrogen (secondary N) is 2. The van der Waals surface area contributed by atoms with Crippen LogP contribution in [0.3, 0.4) is 0 Å². The van der Waals surface area contributed by atoms with Crippen molar-refractivity contribution >= 4 is 29.4 Å². The molecule has 4 rings (SSSR count). The van der Waals surface area contributed by atoms with Crippen LogP contribution in [0.5, 0.6) is 11.5 Å². The van der Waals surface area contributed by atoms with E-state index in [0.29, 0.717) is 16.8 Å². The molecule has 0 radical (unpaired) electrons. The molecule has 29 heavy (non-hydrogen) atoms. The van der Waals surface area contributed by atoms with Crippen molar-refractivity contribution in [3.05, 3.63) is 46.4 Å². The first-order valence-corrected chi connectivity index (χ1v) is 9.02. The fourth-order valence-corrected chi connectivity index (χ4v) is 2.76. The number of hydrogen-bond donors (Lipinski definition) is 2. The maximum Gasteiger partial charge on any atom is 0.586 e. The third-order valence-corrected chi connectivity index (χ3v) is 4.08. The van der Waals surface area contributed by atoms with Gasteiger partial charge in [0.2, 0.25) is 5.76 Å². The molecule has 0 saturated carbocycles. The second kappa shape index (κ2) is 8.08. The Labute approximate surface area is 169 Å². The van der Waals surface area contributed by atoms with E-state index in [-0.39, 0.29) is 22.3 Å². The number of hydrogen-bond acceptors (Lipinski definition) is 7. The number of fused-ring (bicyclic) bond motifs is 1. The maximum atomic E-state index is 13.2. The van der Waals surface area contributed by atoms with E-state index in [1.54, 1.807) is 6.92 Å². The highest BCUT2D eigenvalue weighted by Gasteiger charge is 2.44. The first-order chi connectivity index (χ1) is 13.8. The van der Waals surface area contributed by atoms with Gasteiger partial charge in [-0.2, -0.15) is 0 Å². The molecule has 1 unspecified atom stereocenters. The van der Waals surface area contributed by atoms with E-state index in [9.17, 15) is 13.6 Å². The van der Waals surface area contributed by atoms with Gasteiger partial charge in [0.1, 0.15) is 6.17 Å². The molecule has 2 aliphatic heterocycles. The first kappa shape index (κ1) is 20.6. The van der Waals surface area contributed by atoms with E-state index >= 15 is 0 Å². The lowest BCUT2D eigenvalue weighted by molar-refractivity contribution is -0.286. The van der Waals surface area contributed by atoms with Gasteiger partial charge in [-0.1, -0.05) is 30.6 Å². The molecule has 1 aromatic carbocycles. The molecule has 0 spiro atoms. The van der Waals surface area contributed by atoms with Gasteiger partial charge in [0.25, 0.3) is 5.91 Å². The van der Waals surface area contributed by atoms with Crippen molar-refractivity contribution in [2.45, 2.75) is 33.2 Å². The highest BCUT2D eigenvalue weighted by Crippen LogP contribution is 2.45. The summed E-state index contributed by atoms with van der Waals surface area (Å²) < 4.78 is 40.0. The van der Waals surface area contributed by atoms with Crippen LogP contribution in [0.4, 0.5) is 8.78 Å². The van der Waals surface area contributed by atoms with E-state index in [2.05, 4.69) is 30.3 Å². The quantitative estimate of drug-likeness (QED) is 0.776. The van der Waals surface area contributed by atoms with Gasteiger partial charge in [0.15, 0.2) is 11.5 Å². The van der Waals surface area contributed by atoms with Crippen LogP contribution in [0.2, 0.25) is 5.02 Å². The molecule has 2 aromatic rings. The molecule has 8 nitrogen and oxygen atoms in total. The van der Waals surface area contributed by atoms with E-state index in [4.69, 9.17) is 16.1 Å². The summed E-state index contributed by atoms with van der Waals surface area (Å²) in [5, 5.41) is 9.25. The van der Waals surface area contributed by atoms with Crippen molar-refractivity contribution in [2.75, 3.05) is 0 Å². The van der Waals surface area contributed by atoms with Gasteiger partial charge < -0.3 is 24.6 Å². The molecule has 2 N–H and O–H groups in total. The number of aromatic nitrogens is 1. The molecular formula is C18H17ClF2N4O4. The van der Waals surface area contributed by atoms with Crippen LogP contribution in [0, 0.1) is 6.92 Å². The number of benzene rings is 1. The summed E-state index contributed by atoms with van der Waals surface area (Å²) in [6, 6.07) is 2.53. The summed E-state index contributed by atoms with van der Waals surface area (Å²) in [6.07, 6.45) is -0.00167. The molecule has 3 heterocycles. The van der Waals surface area contributed by atoms with Crippen LogP contribution in [0.25, 0.3) is 5.70 Å². The largest absolute Gasteiger partial charge is 0.586 e. The van der Waals surface area contributed by atoms with Gasteiger partial charge in [-0.25, -0.2) is 0 Å². The lowest BCUT2D eigenvalue weighted by Gasteiger charge is -2.19. The van der Waals surface area contributed by atoms with Crippen LogP contribution in [-0.2, 0) is 0 Å². The average molecular weight is 427 g/mol. The van der Waals surface area contributed by atoms with Crippen LogP contribution in [-0.4, -0.2) is 29.7 Å². The summed E-state index contributed by atoms with van der Waals surface area (Å²) in [5.41, 5.74) is 1.32. The Morgan fingerprint density at radius 1 is 1.28 bits per heavy atom. The first-order valence-electron chi connectivity index (χ1n) is 8.65. The highest BCUT2D eigenvalue weighted by molar-refractivity contribution is 6.32. The minimum absolute atomic E-state index is 0.0970. The van der Waals surface area contributed by atoms with Crippen molar-refractivity contribution in [1.82, 2.24) is 15.8 Å². The molecule has 154 valence electrons. The standard InChI is InChI=1S/C16H11ClF2N4O4.C2H6/c1-7-4-22-27-14(7)15(24)23-13-6-20-10(5-21-13)8-2-11-12(3-9(8)17)26-16(18,19)25-11;1-2/h2-6,13,21H,1H3,(H,23,24);1-2H3. The molecule has 1 aromatic heterocycles. The summed E-state index contributed by atoms with van der Waals surface area (Å²) in [6.45, 7) is 5.69. The number of carbonyl (C=O) groups excluding carboxylic acids is 1. The summed E-state index contributed by atoms with van der Waals surface area (Å²) in [4.78, 5) is 16.3. The Kier molecular flexibility index (Phi) is 5.73. The van der Waals surface area contributed by atoms with E-state index in [0.717, 1.165) is 0 Å². The fraction of sp³-hybridized carbons (Fsp3) is 0.278. The smallest absolute Gasteiger partial charge is 0.395 e. The van der Waals surface area contributed by atoms with Crippen LogP contribution >= 0.6 is 11.6 Å². The average Bonchev–Trinajstić information content (AvgIpc) is 3.24. The van der Waals surface area contributed by atoms with E-state index in [1.165, 1.54) is 30.7 Å². The molecule has 2 aliphatic rings. The lowest BCUT2D eigenvalue weighted by Crippen LogP contribution is -2.45. The number of aryl methyl sites for hydroxylation is 1. The van der Waals surface area contributed by atoms with Crippen molar-refractivity contribution < 1.29 is 27.6 Å². The Balaban J connectivity index is 0.00000117. The molecular weight excluding hydrogens is 410 g/mol. The minimum atomic E-state index is -3.74. The highest BCUT2D eigenvalue weighted by atomic mass is 35.5. The third-order valence-electron chi connectivity index (χ3n) is 3.77. The Bertz CT molecular complexity index is 990. The molecule has 11 heteroatoms. The predicted molar refractivity (Wildman–Crippen MR) is 101 cm³/mol. The van der Waals surface area contributed by atoms with Gasteiger partial charge in [-0.15, -0.1) is 8.78 Å². The number of halogens is 3. The van der Waals surface area contributed by atoms with Crippen LogP contribution in [0.1, 0.15) is 35.5 Å². The zero-order chi connectivity index (χ0) is 21.2. The van der Waals surface area contributed by atoms with Gasteiger partial charge in [-0.3, -0.25) is 9.79 Å². The van der Waals surface area contributed by atoms with Gasteiger partial charge in [-0.05, 0) is 13.0 Å². The number of ether oxygens (including phenoxy) is 2. The van der Waals surface area contributed by atoms with E-state index in [1.807, 2.05) is 13.8 Å². The Morgan fingerprint density at radius 3 is 2.55 bits per heavy atom. The number of aliphatic imine (C=N–C) groups is 1. The second-order valence-electron chi connectivity index (χ2n) is 5.71. The van der Waals surface area contributed by atoms with Crippen molar-refractivity contribution in [3.63, 3.8) is 0 Å². The summed E-state index contributed by atoms with van der Waals surface area (Å²) >= 11 is 6.13.